The highest BCUT2D eigenvalue weighted by atomic mass is 35.5. The second-order valence-electron chi connectivity index (χ2n) is 6.27. The summed E-state index contributed by atoms with van der Waals surface area (Å²) in [6.45, 7) is 5.60. The van der Waals surface area contributed by atoms with Gasteiger partial charge < -0.3 is 10.2 Å². The minimum absolute atomic E-state index is 0.122. The number of nitrogens with one attached hydrogen (secondary N) is 1. The van der Waals surface area contributed by atoms with Crippen molar-refractivity contribution < 1.29 is 4.79 Å². The van der Waals surface area contributed by atoms with Crippen LogP contribution in [0.1, 0.15) is 38.2 Å². The molecule has 24 heavy (non-hydrogen) atoms. The summed E-state index contributed by atoms with van der Waals surface area (Å²) < 4.78 is 0. The summed E-state index contributed by atoms with van der Waals surface area (Å²) in [7, 11) is 0. The van der Waals surface area contributed by atoms with Crippen LogP contribution in [-0.4, -0.2) is 42.2 Å². The topological polar surface area (TPSA) is 32.3 Å². The van der Waals surface area contributed by atoms with Crippen LogP contribution >= 0.6 is 35.0 Å². The fourth-order valence-corrected chi connectivity index (χ4v) is 4.24. The molecule has 0 bridgehead atoms. The van der Waals surface area contributed by atoms with E-state index in [1.807, 2.05) is 12.1 Å². The first-order valence-electron chi connectivity index (χ1n) is 8.62. The lowest BCUT2D eigenvalue weighted by molar-refractivity contribution is -0.119. The van der Waals surface area contributed by atoms with Gasteiger partial charge >= 0.3 is 0 Å². The Morgan fingerprint density at radius 2 is 2.08 bits per heavy atom. The van der Waals surface area contributed by atoms with Gasteiger partial charge in [-0.1, -0.05) is 42.6 Å². The van der Waals surface area contributed by atoms with Gasteiger partial charge in [0.15, 0.2) is 0 Å². The molecule has 1 fully saturated rings. The molecular formula is C18H26Cl2N2OS. The number of halogens is 2. The third kappa shape index (κ3) is 6.83. The maximum absolute atomic E-state index is 12.1. The zero-order chi connectivity index (χ0) is 17.4. The van der Waals surface area contributed by atoms with Crippen LogP contribution < -0.4 is 5.32 Å². The molecule has 1 amide bonds. The van der Waals surface area contributed by atoms with Crippen LogP contribution in [-0.2, 0) is 10.5 Å². The summed E-state index contributed by atoms with van der Waals surface area (Å²) in [4.78, 5) is 14.6. The largest absolute Gasteiger partial charge is 0.353 e. The van der Waals surface area contributed by atoms with Crippen molar-refractivity contribution in [3.05, 3.63) is 33.8 Å². The summed E-state index contributed by atoms with van der Waals surface area (Å²) in [6, 6.07) is 5.82. The molecule has 1 heterocycles. The number of hydrogen-bond acceptors (Lipinski definition) is 3. The SMILES string of the molecule is CCCCN1CCC(NC(=O)CSCc2ccc(Cl)cc2Cl)CC1. The lowest BCUT2D eigenvalue weighted by Crippen LogP contribution is -2.45. The molecule has 1 aliphatic heterocycles. The number of amides is 1. The number of nitrogens with zero attached hydrogens (tertiary/aromatic N) is 1. The highest BCUT2D eigenvalue weighted by molar-refractivity contribution is 7.99. The van der Waals surface area contributed by atoms with Gasteiger partial charge in [0.2, 0.25) is 5.91 Å². The number of rotatable bonds is 8. The van der Waals surface area contributed by atoms with Gasteiger partial charge in [0.1, 0.15) is 0 Å². The first-order valence-corrected chi connectivity index (χ1v) is 10.5. The summed E-state index contributed by atoms with van der Waals surface area (Å²) in [5, 5.41) is 4.46. The van der Waals surface area contributed by atoms with E-state index in [9.17, 15) is 4.79 Å². The van der Waals surface area contributed by atoms with Crippen molar-refractivity contribution in [2.45, 2.75) is 44.4 Å². The van der Waals surface area contributed by atoms with Crippen molar-refractivity contribution >= 4 is 40.9 Å². The molecule has 6 heteroatoms. The van der Waals surface area contributed by atoms with Crippen LogP contribution in [0, 0.1) is 0 Å². The van der Waals surface area contributed by atoms with Crippen LogP contribution in [0.5, 0.6) is 0 Å². The smallest absolute Gasteiger partial charge is 0.230 e. The van der Waals surface area contributed by atoms with Crippen molar-refractivity contribution in [2.75, 3.05) is 25.4 Å². The zero-order valence-corrected chi connectivity index (χ0v) is 16.5. The maximum atomic E-state index is 12.1. The normalized spacial score (nSPS) is 16.3. The molecule has 0 spiro atoms. The first-order chi connectivity index (χ1) is 11.6. The van der Waals surface area contributed by atoms with E-state index in [1.54, 1.807) is 17.8 Å². The molecule has 1 aromatic rings. The third-order valence-electron chi connectivity index (χ3n) is 4.29. The Bertz CT molecular complexity index is 534. The van der Waals surface area contributed by atoms with Crippen LogP contribution in [0.4, 0.5) is 0 Å². The number of unbranched alkanes of at least 4 members (excludes halogenated alkanes) is 1. The quantitative estimate of drug-likeness (QED) is 0.705. The van der Waals surface area contributed by atoms with E-state index in [0.717, 1.165) is 37.2 Å². The van der Waals surface area contributed by atoms with Crippen LogP contribution in [0.15, 0.2) is 18.2 Å². The maximum Gasteiger partial charge on any atom is 0.230 e. The molecule has 134 valence electrons. The van der Waals surface area contributed by atoms with Crippen LogP contribution in [0.25, 0.3) is 0 Å². The Balaban J connectivity index is 1.63. The van der Waals surface area contributed by atoms with E-state index in [2.05, 4.69) is 17.1 Å². The molecule has 0 aromatic heterocycles. The fourth-order valence-electron chi connectivity index (χ4n) is 2.84. The molecule has 1 aromatic carbocycles. The lowest BCUT2D eigenvalue weighted by atomic mass is 10.0. The Morgan fingerprint density at radius 1 is 1.33 bits per heavy atom. The molecule has 0 atom stereocenters. The van der Waals surface area contributed by atoms with E-state index in [4.69, 9.17) is 23.2 Å². The van der Waals surface area contributed by atoms with E-state index in [-0.39, 0.29) is 5.91 Å². The molecule has 1 N–H and O–H groups in total. The number of thioether (sulfide) groups is 1. The average Bonchev–Trinajstić information content (AvgIpc) is 2.56. The molecule has 2 rings (SSSR count). The van der Waals surface area contributed by atoms with Crippen LogP contribution in [0.3, 0.4) is 0 Å². The minimum atomic E-state index is 0.122. The summed E-state index contributed by atoms with van der Waals surface area (Å²) in [5.41, 5.74) is 1.02. The summed E-state index contributed by atoms with van der Waals surface area (Å²) in [6.07, 6.45) is 4.62. The summed E-state index contributed by atoms with van der Waals surface area (Å²) >= 11 is 13.6. The second kappa shape index (κ2) is 10.5. The Labute approximate surface area is 159 Å². The average molecular weight is 389 g/mol. The molecule has 0 aliphatic carbocycles. The third-order valence-corrected chi connectivity index (χ3v) is 5.85. The van der Waals surface area contributed by atoms with Crippen LogP contribution in [0.2, 0.25) is 10.0 Å². The van der Waals surface area contributed by atoms with Gasteiger partial charge in [0.05, 0.1) is 5.75 Å². The number of benzene rings is 1. The van der Waals surface area contributed by atoms with Gasteiger partial charge in [-0.3, -0.25) is 4.79 Å². The number of piperidine rings is 1. The van der Waals surface area contributed by atoms with Crippen molar-refractivity contribution in [1.82, 2.24) is 10.2 Å². The Morgan fingerprint density at radius 3 is 2.75 bits per heavy atom. The minimum Gasteiger partial charge on any atom is -0.353 e. The molecule has 0 saturated carbocycles. The number of carbonyl (C=O) groups excluding carboxylic acids is 1. The fraction of sp³-hybridized carbons (Fsp3) is 0.611. The predicted octanol–water partition coefficient (Wildman–Crippen LogP) is 4.61. The Hall–Kier alpha value is -0.420. The van der Waals surface area contributed by atoms with Gasteiger partial charge in [-0.2, -0.15) is 0 Å². The van der Waals surface area contributed by atoms with Gasteiger partial charge in [0, 0.05) is 34.9 Å². The molecule has 0 radical (unpaired) electrons. The van der Waals surface area contributed by atoms with Gasteiger partial charge in [0.25, 0.3) is 0 Å². The van der Waals surface area contributed by atoms with Gasteiger partial charge in [-0.25, -0.2) is 0 Å². The lowest BCUT2D eigenvalue weighted by Gasteiger charge is -2.32. The van der Waals surface area contributed by atoms with Crippen molar-refractivity contribution in [1.29, 1.82) is 0 Å². The molecule has 3 nitrogen and oxygen atoms in total. The van der Waals surface area contributed by atoms with Gasteiger partial charge in [-0.05, 0) is 43.5 Å². The highest BCUT2D eigenvalue weighted by Gasteiger charge is 2.20. The first kappa shape index (κ1) is 19.9. The molecule has 1 aliphatic rings. The van der Waals surface area contributed by atoms with E-state index in [1.165, 1.54) is 19.4 Å². The van der Waals surface area contributed by atoms with Gasteiger partial charge in [-0.15, -0.1) is 11.8 Å². The monoisotopic (exact) mass is 388 g/mol. The molecular weight excluding hydrogens is 363 g/mol. The number of likely N-dealkylation sites (tertiary alicyclic amines) is 1. The molecule has 1 saturated heterocycles. The predicted molar refractivity (Wildman–Crippen MR) is 105 cm³/mol. The standard InChI is InChI=1S/C18H26Cl2N2OS/c1-2-3-8-22-9-6-16(7-10-22)21-18(23)13-24-12-14-4-5-15(19)11-17(14)20/h4-5,11,16H,2-3,6-10,12-13H2,1H3,(H,21,23). The second-order valence-corrected chi connectivity index (χ2v) is 8.09. The highest BCUT2D eigenvalue weighted by Crippen LogP contribution is 2.24. The Kier molecular flexibility index (Phi) is 8.74. The zero-order valence-electron chi connectivity index (χ0n) is 14.2. The van der Waals surface area contributed by atoms with Crippen molar-refractivity contribution in [3.63, 3.8) is 0 Å². The van der Waals surface area contributed by atoms with E-state index >= 15 is 0 Å². The van der Waals surface area contributed by atoms with E-state index < -0.39 is 0 Å². The molecule has 0 unspecified atom stereocenters. The van der Waals surface area contributed by atoms with E-state index in [0.29, 0.717) is 21.8 Å². The number of hydrogen-bond donors (Lipinski definition) is 1. The van der Waals surface area contributed by atoms with Crippen molar-refractivity contribution in [3.8, 4) is 0 Å². The number of carbonyl (C=O) groups is 1. The van der Waals surface area contributed by atoms with Crippen molar-refractivity contribution in [2.24, 2.45) is 0 Å². The summed E-state index contributed by atoms with van der Waals surface area (Å²) in [5.74, 6) is 1.31.